The van der Waals surface area contributed by atoms with Crippen molar-refractivity contribution in [1.82, 2.24) is 0 Å². The lowest BCUT2D eigenvalue weighted by Gasteiger charge is -2.15. The molecule has 0 spiro atoms. The molecule has 0 radical (unpaired) electrons. The van der Waals surface area contributed by atoms with Gasteiger partial charge in [0.05, 0.1) is 0 Å². The lowest BCUT2D eigenvalue weighted by Crippen LogP contribution is -2.24. The van der Waals surface area contributed by atoms with Gasteiger partial charge in [0.25, 0.3) is 0 Å². The van der Waals surface area contributed by atoms with Crippen LogP contribution in [0.2, 0.25) is 0 Å². The molecule has 1 atom stereocenters. The van der Waals surface area contributed by atoms with Crippen molar-refractivity contribution in [2.45, 2.75) is 12.6 Å². The maximum absolute atomic E-state index is 11.4. The standard InChI is InChI=1S/C5H3F3/c6-5(7,8)4-2-1-3-4/h4H,2H2. The minimum atomic E-state index is -4.08. The Labute approximate surface area is 44.7 Å². The van der Waals surface area contributed by atoms with Crippen LogP contribution in [0.15, 0.2) is 0 Å². The van der Waals surface area contributed by atoms with Crippen LogP contribution < -0.4 is 0 Å². The summed E-state index contributed by atoms with van der Waals surface area (Å²) >= 11 is 0. The molecule has 3 heteroatoms. The summed E-state index contributed by atoms with van der Waals surface area (Å²) in [4.78, 5) is 0. The molecule has 0 aromatic heterocycles. The van der Waals surface area contributed by atoms with Gasteiger partial charge in [0.1, 0.15) is 5.92 Å². The summed E-state index contributed by atoms with van der Waals surface area (Å²) in [6.45, 7) is 0. The van der Waals surface area contributed by atoms with E-state index < -0.39 is 12.1 Å². The molecular formula is C5H3F3. The van der Waals surface area contributed by atoms with Crippen LogP contribution in [0, 0.1) is 17.8 Å². The first-order chi connectivity index (χ1) is 3.61. The van der Waals surface area contributed by atoms with Gasteiger partial charge in [-0.1, -0.05) is 5.92 Å². The second-order valence-electron chi connectivity index (χ2n) is 1.62. The van der Waals surface area contributed by atoms with Crippen molar-refractivity contribution in [3.63, 3.8) is 0 Å². The van der Waals surface area contributed by atoms with E-state index in [-0.39, 0.29) is 6.42 Å². The van der Waals surface area contributed by atoms with Gasteiger partial charge < -0.3 is 0 Å². The largest absolute Gasteiger partial charge is 0.403 e. The molecule has 0 aliphatic heterocycles. The molecule has 0 bridgehead atoms. The van der Waals surface area contributed by atoms with Gasteiger partial charge in [-0.15, -0.1) is 5.92 Å². The molecule has 0 fully saturated rings. The fourth-order valence-corrected chi connectivity index (χ4v) is 0.402. The molecule has 0 aromatic rings. The normalized spacial score (nSPS) is 25.6. The van der Waals surface area contributed by atoms with E-state index in [1.54, 1.807) is 0 Å². The minimum Gasteiger partial charge on any atom is -0.170 e. The van der Waals surface area contributed by atoms with Gasteiger partial charge in [-0.05, 0) is 0 Å². The molecule has 0 nitrogen and oxygen atoms in total. The Bertz CT molecular complexity index is 145. The molecule has 0 saturated heterocycles. The quantitative estimate of drug-likeness (QED) is 0.425. The number of alkyl halides is 3. The number of hydrogen-bond acceptors (Lipinski definition) is 0. The van der Waals surface area contributed by atoms with E-state index in [2.05, 4.69) is 5.92 Å². The zero-order valence-corrected chi connectivity index (χ0v) is 3.92. The van der Waals surface area contributed by atoms with Crippen molar-refractivity contribution in [2.75, 3.05) is 0 Å². The van der Waals surface area contributed by atoms with Crippen LogP contribution in [0.3, 0.4) is 0 Å². The van der Waals surface area contributed by atoms with Crippen LogP contribution in [-0.4, -0.2) is 6.18 Å². The predicted octanol–water partition coefficient (Wildman–Crippen LogP) is 1.57. The average Bonchev–Trinajstić information content (AvgIpc) is 1.16. The Balaban J connectivity index is 2.53. The third kappa shape index (κ3) is 0.786. The second kappa shape index (κ2) is 1.41. The maximum atomic E-state index is 11.4. The molecule has 1 rings (SSSR count). The van der Waals surface area contributed by atoms with Gasteiger partial charge in [0.2, 0.25) is 0 Å². The van der Waals surface area contributed by atoms with Crippen molar-refractivity contribution in [1.29, 1.82) is 0 Å². The fourth-order valence-electron chi connectivity index (χ4n) is 0.402. The van der Waals surface area contributed by atoms with Crippen LogP contribution in [-0.2, 0) is 0 Å². The summed E-state index contributed by atoms with van der Waals surface area (Å²) < 4.78 is 34.2. The summed E-state index contributed by atoms with van der Waals surface area (Å²) in [7, 11) is 0. The summed E-state index contributed by atoms with van der Waals surface area (Å²) in [5, 5.41) is 0. The van der Waals surface area contributed by atoms with E-state index in [0.29, 0.717) is 0 Å². The smallest absolute Gasteiger partial charge is 0.170 e. The summed E-state index contributed by atoms with van der Waals surface area (Å²) in [6.07, 6.45) is -4.09. The Kier molecular flexibility index (Phi) is 0.968. The molecule has 0 saturated carbocycles. The van der Waals surface area contributed by atoms with E-state index in [9.17, 15) is 13.2 Å². The average molecular weight is 120 g/mol. The molecule has 1 unspecified atom stereocenters. The van der Waals surface area contributed by atoms with Gasteiger partial charge in [0.15, 0.2) is 0 Å². The zero-order valence-electron chi connectivity index (χ0n) is 3.92. The zero-order chi connectivity index (χ0) is 6.20. The molecular weight excluding hydrogens is 117 g/mol. The Hall–Kier alpha value is -0.650. The summed E-state index contributed by atoms with van der Waals surface area (Å²) in [5.74, 6) is 2.98. The van der Waals surface area contributed by atoms with E-state index in [0.717, 1.165) is 0 Å². The monoisotopic (exact) mass is 120 g/mol. The van der Waals surface area contributed by atoms with E-state index >= 15 is 0 Å². The molecule has 0 heterocycles. The Morgan fingerprint density at radius 2 is 1.88 bits per heavy atom. The molecule has 1 aliphatic carbocycles. The topological polar surface area (TPSA) is 0 Å². The van der Waals surface area contributed by atoms with Crippen LogP contribution in [0.4, 0.5) is 13.2 Å². The third-order valence-electron chi connectivity index (χ3n) is 0.978. The first kappa shape index (κ1) is 5.49. The molecule has 8 heavy (non-hydrogen) atoms. The van der Waals surface area contributed by atoms with Gasteiger partial charge in [-0.25, -0.2) is 0 Å². The number of rotatable bonds is 0. The molecule has 0 N–H and O–H groups in total. The van der Waals surface area contributed by atoms with Crippen molar-refractivity contribution in [3.05, 3.63) is 0 Å². The molecule has 44 valence electrons. The summed E-state index contributed by atoms with van der Waals surface area (Å²) in [6, 6.07) is 0. The van der Waals surface area contributed by atoms with Crippen molar-refractivity contribution < 1.29 is 13.2 Å². The van der Waals surface area contributed by atoms with Crippen LogP contribution in [0.5, 0.6) is 0 Å². The van der Waals surface area contributed by atoms with Crippen molar-refractivity contribution in [3.8, 4) is 11.8 Å². The highest BCUT2D eigenvalue weighted by molar-refractivity contribution is 5.18. The fraction of sp³-hybridized carbons (Fsp3) is 0.600. The van der Waals surface area contributed by atoms with E-state index in [4.69, 9.17) is 0 Å². The predicted molar refractivity (Wildman–Crippen MR) is 21.9 cm³/mol. The highest BCUT2D eigenvalue weighted by Gasteiger charge is 2.40. The molecule has 0 amide bonds. The Morgan fingerprint density at radius 1 is 1.38 bits per heavy atom. The summed E-state index contributed by atoms with van der Waals surface area (Å²) in [5.41, 5.74) is 0. The van der Waals surface area contributed by atoms with E-state index in [1.165, 1.54) is 0 Å². The first-order valence-electron chi connectivity index (χ1n) is 2.16. The lowest BCUT2D eigenvalue weighted by atomic mass is 9.99. The highest BCUT2D eigenvalue weighted by atomic mass is 19.4. The van der Waals surface area contributed by atoms with Crippen molar-refractivity contribution in [2.24, 2.45) is 5.92 Å². The van der Waals surface area contributed by atoms with Gasteiger partial charge in [-0.3, -0.25) is 0 Å². The number of halogens is 3. The SMILES string of the molecule is FC(F)(F)C1C#CC1. The minimum absolute atomic E-state index is 0.0104. The van der Waals surface area contributed by atoms with E-state index in [1.807, 2.05) is 5.92 Å². The maximum Gasteiger partial charge on any atom is 0.403 e. The first-order valence-corrected chi connectivity index (χ1v) is 2.16. The van der Waals surface area contributed by atoms with Crippen LogP contribution in [0.25, 0.3) is 0 Å². The van der Waals surface area contributed by atoms with Crippen molar-refractivity contribution >= 4 is 0 Å². The van der Waals surface area contributed by atoms with Gasteiger partial charge in [-0.2, -0.15) is 13.2 Å². The van der Waals surface area contributed by atoms with Crippen LogP contribution in [0.1, 0.15) is 6.42 Å². The van der Waals surface area contributed by atoms with Gasteiger partial charge in [0, 0.05) is 6.42 Å². The number of hydrogen-bond donors (Lipinski definition) is 0. The lowest BCUT2D eigenvalue weighted by molar-refractivity contribution is -0.159. The van der Waals surface area contributed by atoms with Gasteiger partial charge >= 0.3 is 6.18 Å². The highest BCUT2D eigenvalue weighted by Crippen LogP contribution is 2.30. The third-order valence-corrected chi connectivity index (χ3v) is 0.978. The Morgan fingerprint density at radius 3 is 1.88 bits per heavy atom. The molecule has 1 aliphatic rings. The second-order valence-corrected chi connectivity index (χ2v) is 1.62. The molecule has 0 aromatic carbocycles. The van der Waals surface area contributed by atoms with Crippen LogP contribution >= 0.6 is 0 Å².